The van der Waals surface area contributed by atoms with Gasteiger partial charge in [-0.25, -0.2) is 18.1 Å². The number of benzene rings is 1. The Morgan fingerprint density at radius 2 is 1.94 bits per heavy atom. The van der Waals surface area contributed by atoms with E-state index in [1.54, 1.807) is 13.1 Å². The van der Waals surface area contributed by atoms with Crippen LogP contribution in [-0.4, -0.2) is 47.4 Å². The van der Waals surface area contributed by atoms with Crippen LogP contribution in [0.25, 0.3) is 11.3 Å². The summed E-state index contributed by atoms with van der Waals surface area (Å²) < 4.78 is 35.8. The number of nitrogens with zero attached hydrogens (tertiary/aromatic N) is 4. The molecule has 1 aliphatic rings. The molecule has 0 spiro atoms. The van der Waals surface area contributed by atoms with E-state index in [2.05, 4.69) is 25.1 Å². The summed E-state index contributed by atoms with van der Waals surface area (Å²) in [6.07, 6.45) is 5.50. The van der Waals surface area contributed by atoms with Gasteiger partial charge in [-0.05, 0) is 57.3 Å². The highest BCUT2D eigenvalue weighted by atomic mass is 32.2. The number of ether oxygens (including phenoxy) is 1. The van der Waals surface area contributed by atoms with Crippen molar-refractivity contribution in [2.45, 2.75) is 44.1 Å². The average Bonchev–Trinajstić information content (AvgIpc) is 3.01. The van der Waals surface area contributed by atoms with Crippen LogP contribution in [0.4, 0.5) is 5.95 Å². The zero-order valence-corrected chi connectivity index (χ0v) is 19.3. The predicted octanol–water partition coefficient (Wildman–Crippen LogP) is 2.82. The van der Waals surface area contributed by atoms with Gasteiger partial charge in [0, 0.05) is 24.9 Å². The molecule has 2 aromatic heterocycles. The van der Waals surface area contributed by atoms with Crippen LogP contribution in [0.3, 0.4) is 0 Å². The highest BCUT2D eigenvalue weighted by molar-refractivity contribution is 7.92. The lowest BCUT2D eigenvalue weighted by molar-refractivity contribution is 0.180. The predicted molar refractivity (Wildman–Crippen MR) is 122 cm³/mol. The molecular formula is C22H28N6O3S. The second-order valence-corrected chi connectivity index (χ2v) is 9.74. The van der Waals surface area contributed by atoms with Gasteiger partial charge in [0.15, 0.2) is 0 Å². The Hall–Kier alpha value is -2.98. The standard InChI is InChI=1S/C22H28N6O3S/c1-15-6-4-7-16(2)21(15)19-12-20(31-17-8-5-10-23-11-9-17)26-22(25-19)27-32(29,30)18-13-24-28(3)14-18/h4,6-7,12-14,17,23H,5,8-11H2,1-3H3,(H,25,26,27). The van der Waals surface area contributed by atoms with Gasteiger partial charge in [0.2, 0.25) is 11.8 Å². The molecule has 1 saturated heterocycles. The number of sulfonamides is 1. The van der Waals surface area contributed by atoms with E-state index in [1.807, 2.05) is 32.0 Å². The SMILES string of the molecule is Cc1cccc(C)c1-c1cc(OC2CCCNCC2)nc(NS(=O)(=O)c2cnn(C)c2)n1. The van der Waals surface area contributed by atoms with Gasteiger partial charge in [0.05, 0.1) is 11.9 Å². The summed E-state index contributed by atoms with van der Waals surface area (Å²) in [4.78, 5) is 8.96. The molecule has 1 fully saturated rings. The minimum absolute atomic E-state index is 0.00787. The van der Waals surface area contributed by atoms with Crippen molar-refractivity contribution in [3.8, 4) is 17.1 Å². The smallest absolute Gasteiger partial charge is 0.267 e. The van der Waals surface area contributed by atoms with E-state index in [4.69, 9.17) is 4.74 Å². The van der Waals surface area contributed by atoms with Crippen LogP contribution in [0.15, 0.2) is 41.6 Å². The maximum absolute atomic E-state index is 12.8. The third kappa shape index (κ3) is 5.08. The largest absolute Gasteiger partial charge is 0.474 e. The molecule has 3 aromatic rings. The van der Waals surface area contributed by atoms with E-state index in [1.165, 1.54) is 17.1 Å². The van der Waals surface area contributed by atoms with Gasteiger partial charge in [0.1, 0.15) is 11.0 Å². The third-order valence-electron chi connectivity index (χ3n) is 5.47. The first-order chi connectivity index (χ1) is 15.3. The van der Waals surface area contributed by atoms with Gasteiger partial charge >= 0.3 is 0 Å². The molecule has 9 nitrogen and oxygen atoms in total. The molecule has 1 atom stereocenters. The van der Waals surface area contributed by atoms with Crippen molar-refractivity contribution in [1.29, 1.82) is 0 Å². The van der Waals surface area contributed by atoms with Gasteiger partial charge in [-0.2, -0.15) is 10.1 Å². The molecule has 0 radical (unpaired) electrons. The van der Waals surface area contributed by atoms with Crippen molar-refractivity contribution >= 4 is 16.0 Å². The quantitative estimate of drug-likeness (QED) is 0.587. The maximum atomic E-state index is 12.8. The molecule has 170 valence electrons. The van der Waals surface area contributed by atoms with Gasteiger partial charge < -0.3 is 10.1 Å². The topological polar surface area (TPSA) is 111 Å². The first kappa shape index (κ1) is 22.2. The maximum Gasteiger partial charge on any atom is 0.267 e. The van der Waals surface area contributed by atoms with Crippen LogP contribution < -0.4 is 14.8 Å². The Balaban J connectivity index is 1.73. The molecule has 10 heteroatoms. The zero-order valence-electron chi connectivity index (χ0n) is 18.5. The fourth-order valence-electron chi connectivity index (χ4n) is 3.87. The van der Waals surface area contributed by atoms with Gasteiger partial charge in [-0.1, -0.05) is 18.2 Å². The summed E-state index contributed by atoms with van der Waals surface area (Å²) in [6, 6.07) is 7.77. The number of hydrogen-bond donors (Lipinski definition) is 2. The molecule has 1 aromatic carbocycles. The summed E-state index contributed by atoms with van der Waals surface area (Å²) >= 11 is 0. The summed E-state index contributed by atoms with van der Waals surface area (Å²) in [5.41, 5.74) is 3.62. The lowest BCUT2D eigenvalue weighted by Gasteiger charge is -2.18. The van der Waals surface area contributed by atoms with E-state index >= 15 is 0 Å². The van der Waals surface area contributed by atoms with Crippen LogP contribution in [-0.2, 0) is 17.1 Å². The normalized spacial score (nSPS) is 17.0. The highest BCUT2D eigenvalue weighted by Gasteiger charge is 2.21. The van der Waals surface area contributed by atoms with Gasteiger partial charge in [-0.15, -0.1) is 0 Å². The van der Waals surface area contributed by atoms with Crippen LogP contribution in [0, 0.1) is 13.8 Å². The van der Waals surface area contributed by atoms with E-state index < -0.39 is 10.0 Å². The molecule has 0 saturated carbocycles. The number of aryl methyl sites for hydroxylation is 3. The highest BCUT2D eigenvalue weighted by Crippen LogP contribution is 2.30. The van der Waals surface area contributed by atoms with Crippen molar-refractivity contribution in [3.63, 3.8) is 0 Å². The van der Waals surface area contributed by atoms with Crippen molar-refractivity contribution in [2.75, 3.05) is 17.8 Å². The second-order valence-electron chi connectivity index (χ2n) is 8.06. The monoisotopic (exact) mass is 456 g/mol. The fourth-order valence-corrected chi connectivity index (χ4v) is 4.80. The van der Waals surface area contributed by atoms with E-state index in [0.29, 0.717) is 11.6 Å². The minimum atomic E-state index is -3.89. The van der Waals surface area contributed by atoms with E-state index in [9.17, 15) is 8.42 Å². The lowest BCUT2D eigenvalue weighted by Crippen LogP contribution is -2.20. The first-order valence-electron chi connectivity index (χ1n) is 10.7. The van der Waals surface area contributed by atoms with Crippen LogP contribution in [0.2, 0.25) is 0 Å². The van der Waals surface area contributed by atoms with Crippen molar-refractivity contribution in [1.82, 2.24) is 25.1 Å². The Kier molecular flexibility index (Phi) is 6.43. The molecule has 4 rings (SSSR count). The Labute approximate surface area is 188 Å². The van der Waals surface area contributed by atoms with Gasteiger partial charge in [-0.3, -0.25) is 4.68 Å². The minimum Gasteiger partial charge on any atom is -0.474 e. The van der Waals surface area contributed by atoms with E-state index in [-0.39, 0.29) is 16.9 Å². The van der Waals surface area contributed by atoms with Crippen molar-refractivity contribution in [3.05, 3.63) is 47.8 Å². The fraction of sp³-hybridized carbons (Fsp3) is 0.409. The Bertz CT molecular complexity index is 1180. The summed E-state index contributed by atoms with van der Waals surface area (Å²) in [6.45, 7) is 5.84. The number of rotatable bonds is 6. The zero-order chi connectivity index (χ0) is 22.7. The molecule has 0 amide bonds. The van der Waals surface area contributed by atoms with E-state index in [0.717, 1.165) is 49.0 Å². The Morgan fingerprint density at radius 3 is 2.66 bits per heavy atom. The van der Waals surface area contributed by atoms with Crippen molar-refractivity contribution < 1.29 is 13.2 Å². The molecule has 2 N–H and O–H groups in total. The molecular weight excluding hydrogens is 428 g/mol. The third-order valence-corrected chi connectivity index (χ3v) is 6.75. The molecule has 3 heterocycles. The van der Waals surface area contributed by atoms with Gasteiger partial charge in [0.25, 0.3) is 10.0 Å². The van der Waals surface area contributed by atoms with Crippen LogP contribution in [0.5, 0.6) is 5.88 Å². The summed E-state index contributed by atoms with van der Waals surface area (Å²) in [5, 5.41) is 7.31. The number of anilines is 1. The lowest BCUT2D eigenvalue weighted by atomic mass is 10.00. The molecule has 32 heavy (non-hydrogen) atoms. The van der Waals surface area contributed by atoms with Crippen LogP contribution >= 0.6 is 0 Å². The number of aromatic nitrogens is 4. The average molecular weight is 457 g/mol. The molecule has 1 aliphatic heterocycles. The summed E-state index contributed by atoms with van der Waals surface area (Å²) in [5.74, 6) is 0.323. The molecule has 0 aliphatic carbocycles. The van der Waals surface area contributed by atoms with Crippen LogP contribution in [0.1, 0.15) is 30.4 Å². The first-order valence-corrected chi connectivity index (χ1v) is 12.1. The molecule has 1 unspecified atom stereocenters. The Morgan fingerprint density at radius 1 is 1.16 bits per heavy atom. The van der Waals surface area contributed by atoms with Crippen molar-refractivity contribution in [2.24, 2.45) is 7.05 Å². The number of nitrogens with one attached hydrogen (secondary N) is 2. The summed E-state index contributed by atoms with van der Waals surface area (Å²) in [7, 11) is -2.23. The number of hydrogen-bond acceptors (Lipinski definition) is 7. The molecule has 0 bridgehead atoms. The second kappa shape index (κ2) is 9.25.